The molecule has 116 valence electrons. The number of ether oxygens (including phenoxy) is 1. The van der Waals surface area contributed by atoms with E-state index >= 15 is 0 Å². The van der Waals surface area contributed by atoms with E-state index in [0.717, 1.165) is 57.0 Å². The molecule has 3 heterocycles. The normalized spacial score (nSPS) is 24.0. The van der Waals surface area contributed by atoms with E-state index in [0.29, 0.717) is 5.92 Å². The fourth-order valence-electron chi connectivity index (χ4n) is 3.07. The van der Waals surface area contributed by atoms with Crippen molar-refractivity contribution in [3.63, 3.8) is 0 Å². The first-order chi connectivity index (χ1) is 10.2. The van der Waals surface area contributed by atoms with Gasteiger partial charge >= 0.3 is 0 Å². The predicted octanol–water partition coefficient (Wildman–Crippen LogP) is 1.76. The van der Waals surface area contributed by atoms with Crippen LogP contribution in [0.2, 0.25) is 0 Å². The number of hydrogen-bond acceptors (Lipinski definition) is 5. The maximum absolute atomic E-state index is 5.47. The van der Waals surface area contributed by atoms with Crippen LogP contribution in [-0.2, 0) is 4.74 Å². The molecule has 1 atom stereocenters. The van der Waals surface area contributed by atoms with E-state index in [1.807, 2.05) is 12.3 Å². The number of anilines is 1. The van der Waals surface area contributed by atoms with Gasteiger partial charge in [-0.05, 0) is 18.4 Å². The van der Waals surface area contributed by atoms with Gasteiger partial charge in [0.25, 0.3) is 0 Å². The van der Waals surface area contributed by atoms with Crippen molar-refractivity contribution in [2.24, 2.45) is 5.92 Å². The van der Waals surface area contributed by atoms with Crippen LogP contribution >= 0.6 is 0 Å². The molecular formula is C16H26N4O. The molecule has 0 N–H and O–H groups in total. The Morgan fingerprint density at radius 3 is 2.76 bits per heavy atom. The second-order valence-corrected chi connectivity index (χ2v) is 6.45. The summed E-state index contributed by atoms with van der Waals surface area (Å²) in [7, 11) is 0. The molecule has 0 amide bonds. The molecule has 1 aromatic rings. The van der Waals surface area contributed by atoms with Crippen molar-refractivity contribution in [1.29, 1.82) is 0 Å². The van der Waals surface area contributed by atoms with Crippen LogP contribution < -0.4 is 4.90 Å². The van der Waals surface area contributed by atoms with Gasteiger partial charge in [-0.1, -0.05) is 13.8 Å². The maximum Gasteiger partial charge on any atom is 0.133 e. The van der Waals surface area contributed by atoms with Crippen LogP contribution in [0.1, 0.15) is 32.0 Å². The minimum Gasteiger partial charge on any atom is -0.381 e. The van der Waals surface area contributed by atoms with E-state index in [9.17, 15) is 0 Å². The summed E-state index contributed by atoms with van der Waals surface area (Å²) in [5.74, 6) is 3.15. The van der Waals surface area contributed by atoms with Gasteiger partial charge in [0.15, 0.2) is 0 Å². The van der Waals surface area contributed by atoms with Crippen LogP contribution in [0.25, 0.3) is 0 Å². The van der Waals surface area contributed by atoms with Crippen molar-refractivity contribution in [3.05, 3.63) is 18.1 Å². The van der Waals surface area contributed by atoms with Crippen molar-refractivity contribution >= 4 is 5.82 Å². The van der Waals surface area contributed by atoms with E-state index in [1.165, 1.54) is 13.0 Å². The molecule has 0 aliphatic carbocycles. The molecule has 0 spiro atoms. The van der Waals surface area contributed by atoms with Crippen LogP contribution in [0.15, 0.2) is 12.3 Å². The summed E-state index contributed by atoms with van der Waals surface area (Å²) in [4.78, 5) is 14.0. The van der Waals surface area contributed by atoms with Gasteiger partial charge in [-0.15, -0.1) is 0 Å². The number of hydrogen-bond donors (Lipinski definition) is 0. The summed E-state index contributed by atoms with van der Waals surface area (Å²) in [6.45, 7) is 11.7. The molecule has 2 saturated heterocycles. The van der Waals surface area contributed by atoms with Gasteiger partial charge in [-0.2, -0.15) is 0 Å². The topological polar surface area (TPSA) is 41.5 Å². The van der Waals surface area contributed by atoms with Gasteiger partial charge in [-0.3, -0.25) is 4.90 Å². The van der Waals surface area contributed by atoms with Crippen molar-refractivity contribution in [2.45, 2.75) is 26.2 Å². The zero-order chi connectivity index (χ0) is 14.7. The highest BCUT2D eigenvalue weighted by atomic mass is 16.5. The van der Waals surface area contributed by atoms with Crippen molar-refractivity contribution in [2.75, 3.05) is 50.8 Å². The molecule has 2 aliphatic heterocycles. The van der Waals surface area contributed by atoms with Gasteiger partial charge in [0.1, 0.15) is 11.6 Å². The van der Waals surface area contributed by atoms with Gasteiger partial charge in [0.05, 0.1) is 6.61 Å². The summed E-state index contributed by atoms with van der Waals surface area (Å²) in [5.41, 5.74) is 0. The Hall–Kier alpha value is -1.20. The molecule has 3 rings (SSSR count). The molecule has 0 bridgehead atoms. The van der Waals surface area contributed by atoms with E-state index < -0.39 is 0 Å². The van der Waals surface area contributed by atoms with Crippen LogP contribution in [0.5, 0.6) is 0 Å². The third-order valence-corrected chi connectivity index (χ3v) is 4.41. The van der Waals surface area contributed by atoms with Crippen LogP contribution in [0.3, 0.4) is 0 Å². The third kappa shape index (κ3) is 3.71. The standard InChI is InChI=1S/C16H26N4O/c1-13(2)16-17-5-3-15(18-16)20-8-6-19(7-9-20)11-14-4-10-21-12-14/h3,5,13-14H,4,6-12H2,1-2H3. The van der Waals surface area contributed by atoms with Crippen LogP contribution in [0, 0.1) is 5.92 Å². The number of nitrogens with zero attached hydrogens (tertiary/aromatic N) is 4. The fourth-order valence-corrected chi connectivity index (χ4v) is 3.07. The minimum absolute atomic E-state index is 0.383. The van der Waals surface area contributed by atoms with E-state index in [-0.39, 0.29) is 0 Å². The highest BCUT2D eigenvalue weighted by Crippen LogP contribution is 2.18. The first-order valence-electron chi connectivity index (χ1n) is 8.10. The number of piperazine rings is 1. The molecule has 1 unspecified atom stereocenters. The van der Waals surface area contributed by atoms with Crippen molar-refractivity contribution in [1.82, 2.24) is 14.9 Å². The Morgan fingerprint density at radius 1 is 1.29 bits per heavy atom. The predicted molar refractivity (Wildman–Crippen MR) is 83.7 cm³/mol. The number of rotatable bonds is 4. The van der Waals surface area contributed by atoms with Gasteiger partial charge in [-0.25, -0.2) is 9.97 Å². The zero-order valence-electron chi connectivity index (χ0n) is 13.2. The van der Waals surface area contributed by atoms with Crippen molar-refractivity contribution < 1.29 is 4.74 Å². The third-order valence-electron chi connectivity index (χ3n) is 4.41. The average Bonchev–Trinajstić information content (AvgIpc) is 3.01. The van der Waals surface area contributed by atoms with E-state index in [1.54, 1.807) is 0 Å². The molecule has 0 saturated carbocycles. The fraction of sp³-hybridized carbons (Fsp3) is 0.750. The Labute approximate surface area is 127 Å². The summed E-state index contributed by atoms with van der Waals surface area (Å²) in [6.07, 6.45) is 3.11. The molecule has 0 radical (unpaired) electrons. The Balaban J connectivity index is 1.54. The van der Waals surface area contributed by atoms with Crippen LogP contribution in [0.4, 0.5) is 5.82 Å². The molecule has 2 aliphatic rings. The molecule has 2 fully saturated rings. The molecule has 1 aromatic heterocycles. The minimum atomic E-state index is 0.383. The quantitative estimate of drug-likeness (QED) is 0.845. The monoisotopic (exact) mass is 290 g/mol. The summed E-state index contributed by atoms with van der Waals surface area (Å²) in [6, 6.07) is 2.03. The van der Waals surface area contributed by atoms with Gasteiger partial charge in [0.2, 0.25) is 0 Å². The smallest absolute Gasteiger partial charge is 0.133 e. The first-order valence-corrected chi connectivity index (χ1v) is 8.10. The number of aromatic nitrogens is 2. The lowest BCUT2D eigenvalue weighted by molar-refractivity contribution is 0.164. The van der Waals surface area contributed by atoms with Gasteiger partial charge < -0.3 is 9.64 Å². The molecule has 5 heteroatoms. The van der Waals surface area contributed by atoms with Crippen LogP contribution in [-0.4, -0.2) is 60.8 Å². The highest BCUT2D eigenvalue weighted by molar-refractivity contribution is 5.38. The highest BCUT2D eigenvalue weighted by Gasteiger charge is 2.23. The molecule has 0 aromatic carbocycles. The molecule has 5 nitrogen and oxygen atoms in total. The zero-order valence-corrected chi connectivity index (χ0v) is 13.2. The molecule has 21 heavy (non-hydrogen) atoms. The van der Waals surface area contributed by atoms with E-state index in [4.69, 9.17) is 9.72 Å². The summed E-state index contributed by atoms with van der Waals surface area (Å²) in [5, 5.41) is 0. The van der Waals surface area contributed by atoms with Gasteiger partial charge in [0, 0.05) is 51.4 Å². The molecular weight excluding hydrogens is 264 g/mol. The first kappa shape index (κ1) is 14.7. The maximum atomic E-state index is 5.47. The largest absolute Gasteiger partial charge is 0.381 e. The Morgan fingerprint density at radius 2 is 2.10 bits per heavy atom. The lowest BCUT2D eigenvalue weighted by Gasteiger charge is -2.36. The lowest BCUT2D eigenvalue weighted by Crippen LogP contribution is -2.48. The second kappa shape index (κ2) is 6.71. The average molecular weight is 290 g/mol. The van der Waals surface area contributed by atoms with Crippen molar-refractivity contribution in [3.8, 4) is 0 Å². The Bertz CT molecular complexity index is 451. The van der Waals surface area contributed by atoms with E-state index in [2.05, 4.69) is 28.6 Å². The Kier molecular flexibility index (Phi) is 4.70. The second-order valence-electron chi connectivity index (χ2n) is 6.45. The SMILES string of the molecule is CC(C)c1nccc(N2CCN(CC3CCOC3)CC2)n1. The summed E-state index contributed by atoms with van der Waals surface area (Å²) < 4.78 is 5.47. The lowest BCUT2D eigenvalue weighted by atomic mass is 10.1. The summed E-state index contributed by atoms with van der Waals surface area (Å²) >= 11 is 0.